The van der Waals surface area contributed by atoms with Gasteiger partial charge in [0.05, 0.1) is 0 Å². The molecule has 2 aliphatic rings. The second-order valence-electron chi connectivity index (χ2n) is 7.31. The Morgan fingerprint density at radius 3 is 2.40 bits per heavy atom. The Morgan fingerprint density at radius 1 is 1.10 bits per heavy atom. The Balaban J connectivity index is 1.72. The molecule has 2 fully saturated rings. The lowest BCUT2D eigenvalue weighted by molar-refractivity contribution is 0.0287. The van der Waals surface area contributed by atoms with Crippen LogP contribution in [0.1, 0.15) is 58.2 Å². The van der Waals surface area contributed by atoms with E-state index >= 15 is 0 Å². The van der Waals surface area contributed by atoms with Crippen LogP contribution < -0.4 is 5.73 Å². The highest BCUT2D eigenvalue weighted by Gasteiger charge is 2.49. The van der Waals surface area contributed by atoms with Crippen molar-refractivity contribution in [1.29, 1.82) is 0 Å². The van der Waals surface area contributed by atoms with Gasteiger partial charge in [-0.3, -0.25) is 4.84 Å². The van der Waals surface area contributed by atoms with Crippen LogP contribution in [0.5, 0.6) is 0 Å². The zero-order chi connectivity index (χ0) is 14.3. The fourth-order valence-corrected chi connectivity index (χ4v) is 3.63. The van der Waals surface area contributed by atoms with Crippen molar-refractivity contribution in [2.45, 2.75) is 58.7 Å². The van der Waals surface area contributed by atoms with E-state index in [4.69, 9.17) is 10.6 Å². The lowest BCUT2D eigenvalue weighted by atomic mass is 9.69. The molecule has 0 spiro atoms. The van der Waals surface area contributed by atoms with Crippen LogP contribution in [0.25, 0.3) is 0 Å². The molecule has 3 rings (SSSR count). The third-order valence-electron chi connectivity index (χ3n) is 4.80. The van der Waals surface area contributed by atoms with E-state index in [1.165, 1.54) is 31.2 Å². The van der Waals surface area contributed by atoms with E-state index in [-0.39, 0.29) is 6.23 Å². The Kier molecular flexibility index (Phi) is 3.51. The fraction of sp³-hybridized carbons (Fsp3) is 0.647. The van der Waals surface area contributed by atoms with Crippen LogP contribution >= 0.6 is 0 Å². The Labute approximate surface area is 122 Å². The zero-order valence-corrected chi connectivity index (χ0v) is 12.8. The summed E-state index contributed by atoms with van der Waals surface area (Å²) >= 11 is 0. The first kappa shape index (κ1) is 13.9. The second-order valence-corrected chi connectivity index (χ2v) is 7.31. The van der Waals surface area contributed by atoms with E-state index in [2.05, 4.69) is 38.0 Å². The van der Waals surface area contributed by atoms with Crippen molar-refractivity contribution in [2.75, 3.05) is 5.73 Å². The molecule has 4 unspecified atom stereocenters. The first-order valence-electron chi connectivity index (χ1n) is 7.77. The average molecular weight is 274 g/mol. The predicted molar refractivity (Wildman–Crippen MR) is 81.7 cm³/mol. The fourth-order valence-electron chi connectivity index (χ4n) is 3.63. The second kappa shape index (κ2) is 5.05. The Hall–Kier alpha value is -1.06. The van der Waals surface area contributed by atoms with Crippen LogP contribution in [0.2, 0.25) is 0 Å². The summed E-state index contributed by atoms with van der Waals surface area (Å²) in [5.74, 6) is 0.718. The summed E-state index contributed by atoms with van der Waals surface area (Å²) < 4.78 is 0. The van der Waals surface area contributed by atoms with Crippen molar-refractivity contribution in [3.8, 4) is 0 Å². The molecule has 0 aromatic heterocycles. The summed E-state index contributed by atoms with van der Waals surface area (Å²) in [7, 11) is 0. The molecule has 3 nitrogen and oxygen atoms in total. The molecule has 1 heterocycles. The number of nitrogens with zero attached hydrogens (tertiary/aromatic N) is 1. The molecule has 110 valence electrons. The Bertz CT molecular complexity index is 463. The molecule has 2 N–H and O–H groups in total. The van der Waals surface area contributed by atoms with Gasteiger partial charge in [0.1, 0.15) is 0 Å². The van der Waals surface area contributed by atoms with E-state index in [9.17, 15) is 0 Å². The minimum Gasteiger partial charge on any atom is -0.399 e. The molecule has 0 amide bonds. The molecule has 0 bridgehead atoms. The maximum Gasteiger partial charge on any atom is 0.180 e. The van der Waals surface area contributed by atoms with Gasteiger partial charge in [0, 0.05) is 11.7 Å². The molecule has 1 aliphatic heterocycles. The summed E-state index contributed by atoms with van der Waals surface area (Å²) in [5.41, 5.74) is 8.13. The zero-order valence-electron chi connectivity index (χ0n) is 12.8. The third-order valence-corrected chi connectivity index (χ3v) is 4.80. The topological polar surface area (TPSA) is 41.6 Å². The van der Waals surface area contributed by atoms with E-state index in [1.807, 2.05) is 12.1 Å². The highest BCUT2D eigenvalue weighted by Crippen LogP contribution is 2.49. The van der Waals surface area contributed by atoms with Crippen molar-refractivity contribution < 1.29 is 4.84 Å². The van der Waals surface area contributed by atoms with Gasteiger partial charge in [-0.25, -0.2) is 0 Å². The molecule has 1 aromatic carbocycles. The lowest BCUT2D eigenvalue weighted by Crippen LogP contribution is -2.39. The standard InChI is InChI=1S/C17H26N2O/c1-17(2,3)14-6-4-5-7-15(14)19-16(20-19)12-8-10-13(18)11-9-12/h8-11,14-16H,4-7,18H2,1-3H3. The van der Waals surface area contributed by atoms with Crippen LogP contribution in [0.4, 0.5) is 5.69 Å². The molecule has 1 saturated heterocycles. The number of rotatable bonds is 2. The van der Waals surface area contributed by atoms with Crippen LogP contribution in [-0.4, -0.2) is 11.1 Å². The minimum atomic E-state index is 0.142. The van der Waals surface area contributed by atoms with Gasteiger partial charge in [0.15, 0.2) is 6.23 Å². The highest BCUT2D eigenvalue weighted by atomic mass is 16.8. The Morgan fingerprint density at radius 2 is 1.75 bits per heavy atom. The molecule has 1 aromatic rings. The quantitative estimate of drug-likeness (QED) is 0.651. The molecule has 3 heteroatoms. The van der Waals surface area contributed by atoms with Crippen LogP contribution in [0.15, 0.2) is 24.3 Å². The van der Waals surface area contributed by atoms with E-state index in [0.717, 1.165) is 11.6 Å². The van der Waals surface area contributed by atoms with E-state index < -0.39 is 0 Å². The number of hydrogen-bond donors (Lipinski definition) is 1. The number of hydrogen-bond acceptors (Lipinski definition) is 3. The number of hydroxylamine groups is 2. The summed E-state index contributed by atoms with van der Waals surface area (Å²) in [6, 6.07) is 8.63. The van der Waals surface area contributed by atoms with Crippen molar-refractivity contribution in [3.05, 3.63) is 29.8 Å². The van der Waals surface area contributed by atoms with Crippen LogP contribution in [0, 0.1) is 11.3 Å². The first-order chi connectivity index (χ1) is 9.47. The van der Waals surface area contributed by atoms with Crippen molar-refractivity contribution in [3.63, 3.8) is 0 Å². The maximum absolute atomic E-state index is 5.90. The van der Waals surface area contributed by atoms with Gasteiger partial charge in [-0.15, -0.1) is 5.06 Å². The van der Waals surface area contributed by atoms with Gasteiger partial charge in [0.2, 0.25) is 0 Å². The lowest BCUT2D eigenvalue weighted by Gasteiger charge is -2.40. The number of nitrogen functional groups attached to an aromatic ring is 1. The normalized spacial score (nSPS) is 34.0. The van der Waals surface area contributed by atoms with Gasteiger partial charge < -0.3 is 5.73 Å². The smallest absolute Gasteiger partial charge is 0.180 e. The number of anilines is 1. The van der Waals surface area contributed by atoms with Crippen LogP contribution in [-0.2, 0) is 4.84 Å². The van der Waals surface area contributed by atoms with Crippen molar-refractivity contribution in [1.82, 2.24) is 5.06 Å². The monoisotopic (exact) mass is 274 g/mol. The van der Waals surface area contributed by atoms with E-state index in [1.54, 1.807) is 0 Å². The largest absolute Gasteiger partial charge is 0.399 e. The van der Waals surface area contributed by atoms with Gasteiger partial charge in [-0.1, -0.05) is 45.7 Å². The molecule has 0 radical (unpaired) electrons. The number of nitrogens with two attached hydrogens (primary N) is 1. The molecule has 20 heavy (non-hydrogen) atoms. The van der Waals surface area contributed by atoms with Gasteiger partial charge >= 0.3 is 0 Å². The minimum absolute atomic E-state index is 0.142. The molecular weight excluding hydrogens is 248 g/mol. The summed E-state index contributed by atoms with van der Waals surface area (Å²) in [6.45, 7) is 7.08. The molecule has 4 atom stereocenters. The SMILES string of the molecule is CC(C)(C)C1CCCCC1N1OC1c1ccc(N)cc1. The van der Waals surface area contributed by atoms with Crippen LogP contribution in [0.3, 0.4) is 0 Å². The number of benzene rings is 1. The molecule has 1 aliphatic carbocycles. The van der Waals surface area contributed by atoms with E-state index in [0.29, 0.717) is 11.5 Å². The molecular formula is C17H26N2O. The summed E-state index contributed by atoms with van der Waals surface area (Å²) in [4.78, 5) is 5.90. The highest BCUT2D eigenvalue weighted by molar-refractivity contribution is 5.40. The van der Waals surface area contributed by atoms with Gasteiger partial charge in [-0.05, 0) is 41.9 Å². The third kappa shape index (κ3) is 2.70. The average Bonchev–Trinajstić information content (AvgIpc) is 3.19. The van der Waals surface area contributed by atoms with Gasteiger partial charge in [-0.2, -0.15) is 0 Å². The van der Waals surface area contributed by atoms with Crippen molar-refractivity contribution >= 4 is 5.69 Å². The van der Waals surface area contributed by atoms with Gasteiger partial charge in [0.25, 0.3) is 0 Å². The molecule has 1 saturated carbocycles. The summed E-state index contributed by atoms with van der Waals surface area (Å²) in [6.07, 6.45) is 5.41. The van der Waals surface area contributed by atoms with Crippen molar-refractivity contribution in [2.24, 2.45) is 11.3 Å². The predicted octanol–water partition coefficient (Wildman–Crippen LogP) is 4.12. The summed E-state index contributed by atoms with van der Waals surface area (Å²) in [5, 5.41) is 2.22. The first-order valence-corrected chi connectivity index (χ1v) is 7.77. The maximum atomic E-state index is 5.90.